The van der Waals surface area contributed by atoms with Crippen molar-refractivity contribution in [1.29, 1.82) is 0 Å². The predicted octanol–water partition coefficient (Wildman–Crippen LogP) is 3.10. The summed E-state index contributed by atoms with van der Waals surface area (Å²) in [5, 5.41) is 7.77. The van der Waals surface area contributed by atoms with Gasteiger partial charge < -0.3 is 5.32 Å². The van der Waals surface area contributed by atoms with Crippen LogP contribution in [0.25, 0.3) is 0 Å². The summed E-state index contributed by atoms with van der Waals surface area (Å²) < 4.78 is 15.2. The quantitative estimate of drug-likeness (QED) is 0.809. The predicted molar refractivity (Wildman–Crippen MR) is 83.7 cm³/mol. The molecule has 0 bridgehead atoms. The average Bonchev–Trinajstić information content (AvgIpc) is 2.87. The Morgan fingerprint density at radius 3 is 2.86 bits per heavy atom. The highest BCUT2D eigenvalue weighted by molar-refractivity contribution is 5.17. The lowest BCUT2D eigenvalue weighted by Gasteiger charge is -2.19. The fourth-order valence-electron chi connectivity index (χ4n) is 2.54. The third-order valence-corrected chi connectivity index (χ3v) is 3.73. The van der Waals surface area contributed by atoms with Gasteiger partial charge in [0, 0.05) is 25.0 Å². The van der Waals surface area contributed by atoms with Gasteiger partial charge in [0.1, 0.15) is 5.82 Å². The molecule has 0 amide bonds. The molecule has 21 heavy (non-hydrogen) atoms. The first-order valence-corrected chi connectivity index (χ1v) is 7.63. The van der Waals surface area contributed by atoms with Crippen LogP contribution in [0.1, 0.15) is 31.0 Å². The zero-order valence-electron chi connectivity index (χ0n) is 12.8. The second-order valence-electron chi connectivity index (χ2n) is 5.47. The van der Waals surface area contributed by atoms with E-state index in [0.29, 0.717) is 6.04 Å². The SMILES string of the molecule is CCCNC(CCc1ccnn1C)Cc1cccc(F)c1. The lowest BCUT2D eigenvalue weighted by molar-refractivity contribution is 0.470. The second kappa shape index (κ2) is 7.93. The van der Waals surface area contributed by atoms with Crippen molar-refractivity contribution in [3.05, 3.63) is 53.6 Å². The molecule has 0 saturated heterocycles. The van der Waals surface area contributed by atoms with Gasteiger partial charge in [-0.25, -0.2) is 4.39 Å². The molecule has 2 aromatic rings. The highest BCUT2D eigenvalue weighted by Gasteiger charge is 2.11. The molecule has 114 valence electrons. The van der Waals surface area contributed by atoms with Crippen molar-refractivity contribution in [3.8, 4) is 0 Å². The molecule has 0 fully saturated rings. The molecule has 0 aliphatic rings. The van der Waals surface area contributed by atoms with Gasteiger partial charge in [0.05, 0.1) is 0 Å². The van der Waals surface area contributed by atoms with Crippen LogP contribution in [0.5, 0.6) is 0 Å². The maximum absolute atomic E-state index is 13.3. The van der Waals surface area contributed by atoms with Gasteiger partial charge in [-0.2, -0.15) is 5.10 Å². The molecule has 4 heteroatoms. The summed E-state index contributed by atoms with van der Waals surface area (Å²) in [6.45, 7) is 3.15. The van der Waals surface area contributed by atoms with Crippen molar-refractivity contribution >= 4 is 0 Å². The first-order valence-electron chi connectivity index (χ1n) is 7.63. The minimum absolute atomic E-state index is 0.159. The molecule has 0 saturated carbocycles. The van der Waals surface area contributed by atoms with E-state index in [4.69, 9.17) is 0 Å². The standard InChI is InChI=1S/C17H24FN3/c1-3-10-19-16(7-8-17-9-11-20-21(17)2)13-14-5-4-6-15(18)12-14/h4-6,9,11-12,16,19H,3,7-8,10,13H2,1-2H3. The molecular weight excluding hydrogens is 265 g/mol. The fraction of sp³-hybridized carbons (Fsp3) is 0.471. The van der Waals surface area contributed by atoms with Crippen molar-refractivity contribution in [1.82, 2.24) is 15.1 Å². The van der Waals surface area contributed by atoms with Crippen LogP contribution in [0.4, 0.5) is 4.39 Å². The third kappa shape index (κ3) is 4.97. The summed E-state index contributed by atoms with van der Waals surface area (Å²) in [7, 11) is 1.97. The van der Waals surface area contributed by atoms with E-state index in [1.165, 1.54) is 11.8 Å². The fourth-order valence-corrected chi connectivity index (χ4v) is 2.54. The smallest absolute Gasteiger partial charge is 0.123 e. The first kappa shape index (κ1) is 15.7. The van der Waals surface area contributed by atoms with E-state index in [1.807, 2.05) is 24.0 Å². The van der Waals surface area contributed by atoms with Gasteiger partial charge in [0.2, 0.25) is 0 Å². The molecule has 0 radical (unpaired) electrons. The molecule has 1 atom stereocenters. The molecule has 1 heterocycles. The monoisotopic (exact) mass is 289 g/mol. The molecule has 0 spiro atoms. The number of aromatic nitrogens is 2. The number of halogens is 1. The van der Waals surface area contributed by atoms with E-state index in [0.717, 1.165) is 37.8 Å². The Hall–Kier alpha value is -1.68. The van der Waals surface area contributed by atoms with Gasteiger partial charge in [-0.05, 0) is 56.0 Å². The summed E-state index contributed by atoms with van der Waals surface area (Å²) >= 11 is 0. The van der Waals surface area contributed by atoms with Gasteiger partial charge in [0.25, 0.3) is 0 Å². The minimum atomic E-state index is -0.159. The molecule has 0 aliphatic heterocycles. The number of rotatable bonds is 8. The van der Waals surface area contributed by atoms with Crippen LogP contribution < -0.4 is 5.32 Å². The van der Waals surface area contributed by atoms with Crippen molar-refractivity contribution in [3.63, 3.8) is 0 Å². The van der Waals surface area contributed by atoms with Gasteiger partial charge in [0.15, 0.2) is 0 Å². The van der Waals surface area contributed by atoms with E-state index in [1.54, 1.807) is 12.1 Å². The van der Waals surface area contributed by atoms with Gasteiger partial charge in [-0.3, -0.25) is 4.68 Å². The van der Waals surface area contributed by atoms with Gasteiger partial charge >= 0.3 is 0 Å². The molecule has 1 aromatic heterocycles. The molecule has 3 nitrogen and oxygen atoms in total. The maximum Gasteiger partial charge on any atom is 0.123 e. The van der Waals surface area contributed by atoms with Crippen molar-refractivity contribution in [2.45, 2.75) is 38.6 Å². The van der Waals surface area contributed by atoms with Crippen molar-refractivity contribution in [2.24, 2.45) is 7.05 Å². The van der Waals surface area contributed by atoms with Crippen LogP contribution in [-0.4, -0.2) is 22.4 Å². The number of aryl methyl sites for hydroxylation is 2. The lowest BCUT2D eigenvalue weighted by Crippen LogP contribution is -2.32. The largest absolute Gasteiger partial charge is 0.314 e. The Morgan fingerprint density at radius 2 is 2.19 bits per heavy atom. The van der Waals surface area contributed by atoms with E-state index < -0.39 is 0 Å². The Morgan fingerprint density at radius 1 is 1.33 bits per heavy atom. The van der Waals surface area contributed by atoms with E-state index >= 15 is 0 Å². The van der Waals surface area contributed by atoms with Crippen LogP contribution in [-0.2, 0) is 19.9 Å². The topological polar surface area (TPSA) is 29.9 Å². The van der Waals surface area contributed by atoms with E-state index in [9.17, 15) is 4.39 Å². The van der Waals surface area contributed by atoms with E-state index in [-0.39, 0.29) is 5.82 Å². The van der Waals surface area contributed by atoms with E-state index in [2.05, 4.69) is 23.4 Å². The number of hydrogen-bond acceptors (Lipinski definition) is 2. The summed E-state index contributed by atoms with van der Waals surface area (Å²) in [5.74, 6) is -0.159. The van der Waals surface area contributed by atoms with Crippen molar-refractivity contribution < 1.29 is 4.39 Å². The average molecular weight is 289 g/mol. The molecule has 2 rings (SSSR count). The van der Waals surface area contributed by atoms with Gasteiger partial charge in [-0.15, -0.1) is 0 Å². The lowest BCUT2D eigenvalue weighted by atomic mass is 10.0. The molecule has 1 N–H and O–H groups in total. The second-order valence-corrected chi connectivity index (χ2v) is 5.47. The first-order chi connectivity index (χ1) is 10.2. The van der Waals surface area contributed by atoms with Crippen LogP contribution in [0.3, 0.4) is 0 Å². The van der Waals surface area contributed by atoms with Crippen LogP contribution in [0.15, 0.2) is 36.5 Å². The van der Waals surface area contributed by atoms with Crippen LogP contribution >= 0.6 is 0 Å². The van der Waals surface area contributed by atoms with Crippen LogP contribution in [0, 0.1) is 5.82 Å². The molecule has 1 aromatic carbocycles. The molecule has 0 aliphatic carbocycles. The third-order valence-electron chi connectivity index (χ3n) is 3.73. The Kier molecular flexibility index (Phi) is 5.93. The maximum atomic E-state index is 13.3. The number of benzene rings is 1. The summed E-state index contributed by atoms with van der Waals surface area (Å²) in [6, 6.07) is 9.31. The number of nitrogens with zero attached hydrogens (tertiary/aromatic N) is 2. The van der Waals surface area contributed by atoms with Crippen molar-refractivity contribution in [2.75, 3.05) is 6.54 Å². The van der Waals surface area contributed by atoms with Gasteiger partial charge in [-0.1, -0.05) is 19.1 Å². The normalized spacial score (nSPS) is 12.5. The summed E-state index contributed by atoms with van der Waals surface area (Å²) in [4.78, 5) is 0. The zero-order chi connectivity index (χ0) is 15.1. The summed E-state index contributed by atoms with van der Waals surface area (Å²) in [6.07, 6.45) is 5.79. The number of hydrogen-bond donors (Lipinski definition) is 1. The molecule has 1 unspecified atom stereocenters. The zero-order valence-corrected chi connectivity index (χ0v) is 12.8. The number of nitrogens with one attached hydrogen (secondary N) is 1. The Bertz CT molecular complexity index is 550. The summed E-state index contributed by atoms with van der Waals surface area (Å²) in [5.41, 5.74) is 2.28. The highest BCUT2D eigenvalue weighted by Crippen LogP contribution is 2.11. The Balaban J connectivity index is 1.95. The highest BCUT2D eigenvalue weighted by atomic mass is 19.1. The minimum Gasteiger partial charge on any atom is -0.314 e. The Labute approximate surface area is 126 Å². The molecular formula is C17H24FN3. The van der Waals surface area contributed by atoms with Crippen LogP contribution in [0.2, 0.25) is 0 Å².